The summed E-state index contributed by atoms with van der Waals surface area (Å²) >= 11 is 1.43. The molecule has 0 spiro atoms. The monoisotopic (exact) mass is 468 g/mol. The van der Waals surface area contributed by atoms with Gasteiger partial charge < -0.3 is 13.9 Å². The van der Waals surface area contributed by atoms with Crippen LogP contribution in [0.4, 0.5) is 5.69 Å². The third-order valence-electron chi connectivity index (χ3n) is 5.68. The van der Waals surface area contributed by atoms with Gasteiger partial charge in [-0.15, -0.1) is 0 Å². The van der Waals surface area contributed by atoms with Crippen LogP contribution in [-0.4, -0.2) is 33.2 Å². The summed E-state index contributed by atoms with van der Waals surface area (Å²) in [5.41, 5.74) is 4.54. The lowest BCUT2D eigenvalue weighted by atomic mass is 10.2. The Hall–Kier alpha value is -3.84. The molecule has 3 aromatic carbocycles. The zero-order valence-electron chi connectivity index (χ0n) is 19.0. The SMILES string of the molecule is Cc1oc(-c2ccccc2)nc1Cn1c(SCC(=O)N(C)c2ccccc2)nc2ccccc21. The predicted octanol–water partition coefficient (Wildman–Crippen LogP) is 5.80. The molecule has 7 heteroatoms. The largest absolute Gasteiger partial charge is 0.441 e. The summed E-state index contributed by atoms with van der Waals surface area (Å²) in [5, 5.41) is 0.777. The molecule has 34 heavy (non-hydrogen) atoms. The maximum Gasteiger partial charge on any atom is 0.237 e. The summed E-state index contributed by atoms with van der Waals surface area (Å²) in [6.07, 6.45) is 0. The average Bonchev–Trinajstić information content (AvgIpc) is 3.43. The van der Waals surface area contributed by atoms with Crippen LogP contribution in [0.3, 0.4) is 0 Å². The van der Waals surface area contributed by atoms with Gasteiger partial charge in [-0.3, -0.25) is 4.79 Å². The molecule has 0 fully saturated rings. The molecule has 0 aliphatic heterocycles. The highest BCUT2D eigenvalue weighted by Crippen LogP contribution is 2.28. The van der Waals surface area contributed by atoms with E-state index in [4.69, 9.17) is 14.4 Å². The number of carbonyl (C=O) groups excluding carboxylic acids is 1. The molecule has 0 aliphatic carbocycles. The number of fused-ring (bicyclic) bond motifs is 1. The number of thioether (sulfide) groups is 1. The van der Waals surface area contributed by atoms with Gasteiger partial charge in [-0.25, -0.2) is 9.97 Å². The molecule has 5 aromatic rings. The summed E-state index contributed by atoms with van der Waals surface area (Å²) in [7, 11) is 1.80. The minimum Gasteiger partial charge on any atom is -0.441 e. The zero-order chi connectivity index (χ0) is 23.5. The number of hydrogen-bond acceptors (Lipinski definition) is 5. The van der Waals surface area contributed by atoms with Crippen LogP contribution in [0, 0.1) is 6.92 Å². The fourth-order valence-corrected chi connectivity index (χ4v) is 4.69. The van der Waals surface area contributed by atoms with Crippen molar-refractivity contribution in [2.75, 3.05) is 17.7 Å². The number of imidazole rings is 1. The molecular weight excluding hydrogens is 444 g/mol. The van der Waals surface area contributed by atoms with Crippen molar-refractivity contribution in [3.05, 3.63) is 96.4 Å². The molecular formula is C27H24N4O2S. The number of hydrogen-bond donors (Lipinski definition) is 0. The Morgan fingerprint density at radius 1 is 0.941 bits per heavy atom. The smallest absolute Gasteiger partial charge is 0.237 e. The predicted molar refractivity (Wildman–Crippen MR) is 136 cm³/mol. The van der Waals surface area contributed by atoms with Crippen LogP contribution in [0.2, 0.25) is 0 Å². The van der Waals surface area contributed by atoms with Crippen LogP contribution in [0.5, 0.6) is 0 Å². The van der Waals surface area contributed by atoms with Crippen molar-refractivity contribution in [2.24, 2.45) is 0 Å². The van der Waals surface area contributed by atoms with Gasteiger partial charge in [-0.2, -0.15) is 0 Å². The van der Waals surface area contributed by atoms with E-state index in [-0.39, 0.29) is 11.7 Å². The Morgan fingerprint density at radius 2 is 1.62 bits per heavy atom. The molecule has 6 nitrogen and oxygen atoms in total. The fraction of sp³-hybridized carbons (Fsp3) is 0.148. The lowest BCUT2D eigenvalue weighted by Crippen LogP contribution is -2.28. The van der Waals surface area contributed by atoms with Crippen LogP contribution < -0.4 is 4.90 Å². The second kappa shape index (κ2) is 9.57. The lowest BCUT2D eigenvalue weighted by Gasteiger charge is -2.17. The first-order valence-electron chi connectivity index (χ1n) is 11.0. The van der Waals surface area contributed by atoms with E-state index in [9.17, 15) is 4.79 Å². The number of anilines is 1. The molecule has 0 radical (unpaired) electrons. The number of nitrogens with zero attached hydrogens (tertiary/aromatic N) is 4. The summed E-state index contributed by atoms with van der Waals surface area (Å²) in [5.74, 6) is 1.67. The Balaban J connectivity index is 1.41. The second-order valence-corrected chi connectivity index (χ2v) is 8.88. The first-order chi connectivity index (χ1) is 16.6. The first-order valence-corrected chi connectivity index (χ1v) is 12.0. The number of benzene rings is 3. The first kappa shape index (κ1) is 22.0. The number of para-hydroxylation sites is 3. The third kappa shape index (κ3) is 4.47. The molecule has 0 saturated heterocycles. The van der Waals surface area contributed by atoms with E-state index < -0.39 is 0 Å². The Labute approximate surface area is 202 Å². The van der Waals surface area contributed by atoms with E-state index in [0.29, 0.717) is 12.4 Å². The van der Waals surface area contributed by atoms with Gasteiger partial charge in [0, 0.05) is 18.3 Å². The van der Waals surface area contributed by atoms with Crippen molar-refractivity contribution in [2.45, 2.75) is 18.6 Å². The number of aromatic nitrogens is 3. The van der Waals surface area contributed by atoms with E-state index in [2.05, 4.69) is 4.57 Å². The van der Waals surface area contributed by atoms with E-state index in [1.165, 1.54) is 11.8 Å². The summed E-state index contributed by atoms with van der Waals surface area (Å²) in [6.45, 7) is 2.44. The highest BCUT2D eigenvalue weighted by Gasteiger charge is 2.19. The Kier molecular flexibility index (Phi) is 6.18. The van der Waals surface area contributed by atoms with E-state index in [1.54, 1.807) is 11.9 Å². The van der Waals surface area contributed by atoms with Gasteiger partial charge in [0.25, 0.3) is 0 Å². The van der Waals surface area contributed by atoms with E-state index in [1.807, 2.05) is 91.9 Å². The van der Waals surface area contributed by atoms with Gasteiger partial charge in [-0.05, 0) is 43.3 Å². The molecule has 0 atom stereocenters. The van der Waals surface area contributed by atoms with Crippen LogP contribution in [-0.2, 0) is 11.3 Å². The van der Waals surface area contributed by atoms with Gasteiger partial charge in [0.15, 0.2) is 5.16 Å². The minimum atomic E-state index is 0.0128. The van der Waals surface area contributed by atoms with Crippen molar-refractivity contribution in [3.8, 4) is 11.5 Å². The molecule has 0 aliphatic rings. The fourth-order valence-electron chi connectivity index (χ4n) is 3.76. The summed E-state index contributed by atoms with van der Waals surface area (Å²) in [6, 6.07) is 27.5. The Morgan fingerprint density at radius 3 is 2.38 bits per heavy atom. The van der Waals surface area contributed by atoms with Crippen molar-refractivity contribution < 1.29 is 9.21 Å². The maximum atomic E-state index is 12.9. The molecule has 0 N–H and O–H groups in total. The summed E-state index contributed by atoms with van der Waals surface area (Å²) in [4.78, 5) is 24.1. The van der Waals surface area contributed by atoms with Gasteiger partial charge in [0.1, 0.15) is 11.5 Å². The van der Waals surface area contributed by atoms with Gasteiger partial charge in [0.05, 0.1) is 23.3 Å². The van der Waals surface area contributed by atoms with Crippen molar-refractivity contribution in [3.63, 3.8) is 0 Å². The molecule has 0 unspecified atom stereocenters. The Bertz CT molecular complexity index is 1430. The zero-order valence-corrected chi connectivity index (χ0v) is 19.8. The molecule has 2 heterocycles. The van der Waals surface area contributed by atoms with Crippen LogP contribution >= 0.6 is 11.8 Å². The molecule has 5 rings (SSSR count). The van der Waals surface area contributed by atoms with Gasteiger partial charge >= 0.3 is 0 Å². The highest BCUT2D eigenvalue weighted by atomic mass is 32.2. The third-order valence-corrected chi connectivity index (χ3v) is 6.64. The van der Waals surface area contributed by atoms with Crippen molar-refractivity contribution in [1.82, 2.24) is 14.5 Å². The molecule has 0 bridgehead atoms. The van der Waals surface area contributed by atoms with Crippen molar-refractivity contribution >= 4 is 34.4 Å². The minimum absolute atomic E-state index is 0.0128. The van der Waals surface area contributed by atoms with Gasteiger partial charge in [0.2, 0.25) is 11.8 Å². The van der Waals surface area contributed by atoms with Crippen LogP contribution in [0.1, 0.15) is 11.5 Å². The number of carbonyl (C=O) groups is 1. The second-order valence-electron chi connectivity index (χ2n) is 7.93. The van der Waals surface area contributed by atoms with Crippen molar-refractivity contribution in [1.29, 1.82) is 0 Å². The lowest BCUT2D eigenvalue weighted by molar-refractivity contribution is -0.115. The number of rotatable bonds is 7. The number of aryl methyl sites for hydroxylation is 1. The number of oxazole rings is 1. The molecule has 2 aromatic heterocycles. The molecule has 1 amide bonds. The summed E-state index contributed by atoms with van der Waals surface area (Å²) < 4.78 is 8.07. The maximum absolute atomic E-state index is 12.9. The topological polar surface area (TPSA) is 64.2 Å². The standard InChI is InChI=1S/C27H24N4O2S/c1-19-23(28-26(33-19)20-11-5-3-6-12-20)17-31-24-16-10-9-15-22(24)29-27(31)34-18-25(32)30(2)21-13-7-4-8-14-21/h3-16H,17-18H2,1-2H3. The highest BCUT2D eigenvalue weighted by molar-refractivity contribution is 7.99. The average molecular weight is 469 g/mol. The van der Waals surface area contributed by atoms with Gasteiger partial charge in [-0.1, -0.05) is 60.3 Å². The van der Waals surface area contributed by atoms with E-state index in [0.717, 1.165) is 38.9 Å². The quantitative estimate of drug-likeness (QED) is 0.282. The van der Waals surface area contributed by atoms with Crippen LogP contribution in [0.25, 0.3) is 22.5 Å². The molecule has 0 saturated carbocycles. The number of amides is 1. The molecule has 170 valence electrons. The normalized spacial score (nSPS) is 11.1. The van der Waals surface area contributed by atoms with E-state index >= 15 is 0 Å². The van der Waals surface area contributed by atoms with Crippen LogP contribution in [0.15, 0.2) is 94.5 Å².